The van der Waals surface area contributed by atoms with E-state index in [1.165, 1.54) is 7.05 Å². The first-order valence-corrected chi connectivity index (χ1v) is 8.35. The zero-order chi connectivity index (χ0) is 22.4. The van der Waals surface area contributed by atoms with E-state index in [0.29, 0.717) is 12.1 Å². The number of amides is 3. The molecule has 0 N–H and O–H groups in total. The molecule has 13 heteroatoms. The van der Waals surface area contributed by atoms with Gasteiger partial charge in [-0.1, -0.05) is 0 Å². The highest BCUT2D eigenvalue weighted by atomic mass is 19.4. The second-order valence-electron chi connectivity index (χ2n) is 6.25. The number of carbonyl (C=O) groups excluding carboxylic acids is 2. The summed E-state index contributed by atoms with van der Waals surface area (Å²) in [5.74, 6) is -1.05. The number of carbonyl (C=O) groups is 2. The Bertz CT molecular complexity index is 1010. The molecule has 2 heterocycles. The van der Waals surface area contributed by atoms with Crippen LogP contribution in [0.4, 0.5) is 31.1 Å². The fourth-order valence-electron chi connectivity index (χ4n) is 2.75. The number of hydrogen-bond donors (Lipinski definition) is 0. The Morgan fingerprint density at radius 1 is 1.00 bits per heavy atom. The Kier molecular flexibility index (Phi) is 5.08. The predicted octanol–water partition coefficient (Wildman–Crippen LogP) is 3.70. The van der Waals surface area contributed by atoms with Crippen LogP contribution < -0.4 is 0 Å². The highest BCUT2D eigenvalue weighted by Crippen LogP contribution is 2.38. The van der Waals surface area contributed by atoms with Crippen molar-refractivity contribution in [1.29, 1.82) is 0 Å². The van der Waals surface area contributed by atoms with E-state index in [2.05, 4.69) is 10.1 Å². The van der Waals surface area contributed by atoms with E-state index in [9.17, 15) is 35.9 Å². The summed E-state index contributed by atoms with van der Waals surface area (Å²) >= 11 is 0. The molecule has 160 valence electrons. The number of rotatable bonds is 3. The van der Waals surface area contributed by atoms with Crippen LogP contribution in [0.3, 0.4) is 0 Å². The fourth-order valence-corrected chi connectivity index (χ4v) is 2.75. The van der Waals surface area contributed by atoms with E-state index in [-0.39, 0.29) is 18.3 Å². The van der Waals surface area contributed by atoms with E-state index >= 15 is 0 Å². The molecule has 0 radical (unpaired) electrons. The van der Waals surface area contributed by atoms with Gasteiger partial charge in [0.25, 0.3) is 5.91 Å². The minimum absolute atomic E-state index is 0.000424. The van der Waals surface area contributed by atoms with Gasteiger partial charge in [0.2, 0.25) is 0 Å². The highest BCUT2D eigenvalue weighted by Gasteiger charge is 2.39. The standard InChI is InChI=1S/C17H13F6N5O2/c1-3-28-14(29)12(26(2)15(28)30)7-27-8-24-13(25-27)9-4-10(16(18,19)20)6-11(5-9)17(21,22)23/h4-8H,3H2,1-2H3. The van der Waals surface area contributed by atoms with Crippen molar-refractivity contribution in [2.75, 3.05) is 13.6 Å². The molecular weight excluding hydrogens is 420 g/mol. The molecule has 3 amide bonds. The van der Waals surface area contributed by atoms with Gasteiger partial charge in [-0.25, -0.2) is 14.5 Å². The monoisotopic (exact) mass is 433 g/mol. The normalized spacial score (nSPS) is 16.9. The lowest BCUT2D eigenvalue weighted by Crippen LogP contribution is -2.31. The molecule has 1 aromatic heterocycles. The first kappa shape index (κ1) is 21.3. The maximum atomic E-state index is 13.0. The lowest BCUT2D eigenvalue weighted by molar-refractivity contribution is -0.143. The Labute approximate surface area is 165 Å². The SMILES string of the molecule is CCN1C(=O)C(=Cn2cnc(-c3cc(C(F)(F)F)cc(C(F)(F)F)c3)n2)N(C)C1=O. The van der Waals surface area contributed by atoms with Crippen LogP contribution >= 0.6 is 0 Å². The summed E-state index contributed by atoms with van der Waals surface area (Å²) in [5, 5.41) is 3.82. The molecule has 1 aliphatic rings. The minimum atomic E-state index is -5.01. The van der Waals surface area contributed by atoms with Crippen LogP contribution in [0.1, 0.15) is 18.1 Å². The molecule has 1 aromatic carbocycles. The molecule has 0 atom stereocenters. The van der Waals surface area contributed by atoms with Crippen molar-refractivity contribution >= 4 is 18.1 Å². The zero-order valence-corrected chi connectivity index (χ0v) is 15.4. The predicted molar refractivity (Wildman–Crippen MR) is 90.3 cm³/mol. The van der Waals surface area contributed by atoms with Gasteiger partial charge in [-0.3, -0.25) is 14.6 Å². The smallest absolute Gasteiger partial charge is 0.291 e. The maximum absolute atomic E-state index is 13.0. The van der Waals surface area contributed by atoms with Crippen molar-refractivity contribution in [1.82, 2.24) is 24.6 Å². The average molecular weight is 433 g/mol. The first-order chi connectivity index (χ1) is 13.8. The largest absolute Gasteiger partial charge is 0.416 e. The summed E-state index contributed by atoms with van der Waals surface area (Å²) in [5.41, 5.74) is -3.60. The van der Waals surface area contributed by atoms with Gasteiger partial charge in [0.1, 0.15) is 12.0 Å². The fraction of sp³-hybridized carbons (Fsp3) is 0.294. The number of hydrogen-bond acceptors (Lipinski definition) is 4. The quantitative estimate of drug-likeness (QED) is 0.421. The third kappa shape index (κ3) is 3.86. The summed E-state index contributed by atoms with van der Waals surface area (Å²) in [6.07, 6.45) is -7.92. The molecule has 1 fully saturated rings. The number of imide groups is 1. The number of aromatic nitrogens is 3. The Balaban J connectivity index is 2.03. The van der Waals surface area contributed by atoms with Crippen LogP contribution in [0.2, 0.25) is 0 Å². The van der Waals surface area contributed by atoms with Gasteiger partial charge in [-0.05, 0) is 25.1 Å². The van der Waals surface area contributed by atoms with Gasteiger partial charge in [-0.2, -0.15) is 26.3 Å². The molecule has 30 heavy (non-hydrogen) atoms. The lowest BCUT2D eigenvalue weighted by atomic mass is 10.0. The molecule has 0 saturated carbocycles. The molecule has 1 saturated heterocycles. The van der Waals surface area contributed by atoms with Crippen molar-refractivity contribution in [3.05, 3.63) is 41.4 Å². The van der Waals surface area contributed by atoms with E-state index < -0.39 is 46.8 Å². The molecule has 3 rings (SSSR count). The third-order valence-electron chi connectivity index (χ3n) is 4.27. The highest BCUT2D eigenvalue weighted by molar-refractivity contribution is 6.13. The number of alkyl halides is 6. The Morgan fingerprint density at radius 2 is 1.57 bits per heavy atom. The maximum Gasteiger partial charge on any atom is 0.416 e. The van der Waals surface area contributed by atoms with E-state index in [0.717, 1.165) is 27.0 Å². The first-order valence-electron chi connectivity index (χ1n) is 8.35. The Hall–Kier alpha value is -3.38. The van der Waals surface area contributed by atoms with Gasteiger partial charge in [0, 0.05) is 19.2 Å². The average Bonchev–Trinajstić information content (AvgIpc) is 3.19. The van der Waals surface area contributed by atoms with Crippen LogP contribution in [0, 0.1) is 0 Å². The summed E-state index contributed by atoms with van der Waals surface area (Å²) in [4.78, 5) is 29.9. The topological polar surface area (TPSA) is 71.3 Å². The van der Waals surface area contributed by atoms with E-state index in [4.69, 9.17) is 0 Å². The Morgan fingerprint density at radius 3 is 2.03 bits per heavy atom. The lowest BCUT2D eigenvalue weighted by Gasteiger charge is -2.13. The second-order valence-corrected chi connectivity index (χ2v) is 6.25. The van der Waals surface area contributed by atoms with Crippen molar-refractivity contribution in [2.24, 2.45) is 0 Å². The van der Waals surface area contributed by atoms with Gasteiger partial charge in [0.15, 0.2) is 5.82 Å². The molecule has 0 bridgehead atoms. The third-order valence-corrected chi connectivity index (χ3v) is 4.27. The van der Waals surface area contributed by atoms with Crippen molar-refractivity contribution in [3.63, 3.8) is 0 Å². The molecule has 1 aliphatic heterocycles. The van der Waals surface area contributed by atoms with Crippen LogP contribution in [-0.2, 0) is 17.1 Å². The van der Waals surface area contributed by atoms with Gasteiger partial charge >= 0.3 is 18.4 Å². The molecule has 0 unspecified atom stereocenters. The van der Waals surface area contributed by atoms with Crippen LogP contribution in [0.5, 0.6) is 0 Å². The van der Waals surface area contributed by atoms with Crippen LogP contribution in [0.15, 0.2) is 30.2 Å². The molecule has 0 aliphatic carbocycles. The molecular formula is C17H13F6N5O2. The van der Waals surface area contributed by atoms with Crippen LogP contribution in [0.25, 0.3) is 17.6 Å². The van der Waals surface area contributed by atoms with Crippen molar-refractivity contribution < 1.29 is 35.9 Å². The molecule has 0 spiro atoms. The van der Waals surface area contributed by atoms with E-state index in [1.807, 2.05) is 0 Å². The summed E-state index contributed by atoms with van der Waals surface area (Å²) in [6.45, 7) is 1.71. The number of urea groups is 1. The van der Waals surface area contributed by atoms with Gasteiger partial charge in [-0.15, -0.1) is 5.10 Å². The van der Waals surface area contributed by atoms with Gasteiger partial charge in [0.05, 0.1) is 17.3 Å². The number of halogens is 6. The summed E-state index contributed by atoms with van der Waals surface area (Å²) in [7, 11) is 1.34. The molecule has 7 nitrogen and oxygen atoms in total. The zero-order valence-electron chi connectivity index (χ0n) is 15.4. The second kappa shape index (κ2) is 7.15. The molecule has 2 aromatic rings. The van der Waals surface area contributed by atoms with Gasteiger partial charge < -0.3 is 0 Å². The van der Waals surface area contributed by atoms with Crippen LogP contribution in [-0.4, -0.2) is 50.1 Å². The summed E-state index contributed by atoms with van der Waals surface area (Å²) < 4.78 is 79.0. The van der Waals surface area contributed by atoms with Crippen molar-refractivity contribution in [3.8, 4) is 11.4 Å². The van der Waals surface area contributed by atoms with E-state index in [1.54, 1.807) is 6.92 Å². The number of nitrogens with zero attached hydrogens (tertiary/aromatic N) is 5. The number of likely N-dealkylation sites (N-methyl/N-ethyl adjacent to an activating group) is 2. The minimum Gasteiger partial charge on any atom is -0.291 e. The van der Waals surface area contributed by atoms with Crippen molar-refractivity contribution in [2.45, 2.75) is 19.3 Å². The number of benzene rings is 1. The summed E-state index contributed by atoms with van der Waals surface area (Å²) in [6, 6.07) is 0.412.